The lowest BCUT2D eigenvalue weighted by Gasteiger charge is -2.33. The zero-order valence-corrected chi connectivity index (χ0v) is 26.1. The van der Waals surface area contributed by atoms with E-state index in [9.17, 15) is 9.59 Å². The number of nitrogen functional groups attached to an aromatic ring is 1. The molecule has 1 saturated heterocycles. The Kier molecular flexibility index (Phi) is 9.31. The molecule has 5 rings (SSSR count). The average Bonchev–Trinajstić information content (AvgIpc) is 3.48. The highest BCUT2D eigenvalue weighted by Crippen LogP contribution is 2.38. The van der Waals surface area contributed by atoms with Crippen LogP contribution in [-0.4, -0.2) is 58.6 Å². The fourth-order valence-electron chi connectivity index (χ4n) is 5.36. The van der Waals surface area contributed by atoms with E-state index < -0.39 is 5.60 Å². The van der Waals surface area contributed by atoms with Crippen LogP contribution >= 0.6 is 0 Å². The van der Waals surface area contributed by atoms with Crippen LogP contribution in [0.15, 0.2) is 65.7 Å². The summed E-state index contributed by atoms with van der Waals surface area (Å²) in [5.74, 6) is 1.28. The van der Waals surface area contributed by atoms with Crippen molar-refractivity contribution in [2.75, 3.05) is 32.0 Å². The number of ether oxygens (including phenoxy) is 4. The Morgan fingerprint density at radius 1 is 1.07 bits per heavy atom. The first kappa shape index (κ1) is 31.2. The second-order valence-corrected chi connectivity index (χ2v) is 12.2. The lowest BCUT2D eigenvalue weighted by atomic mass is 10.0. The molecule has 2 aromatic heterocycles. The standard InChI is InChI=1S/C34H42N4O6/c1-22(41-17-18-42-25-12-15-38(16-13-25)33(40)44-34(2,3)4)23-7-6-8-26(19-23)43-30-10-9-24(35)20-28(30)29-21-37(5)32(39)31-27(29)11-14-36-31/h6-11,14,19-22,25,36H,12-13,15-18,35H2,1-5H3. The van der Waals surface area contributed by atoms with Crippen molar-refractivity contribution in [3.63, 3.8) is 0 Å². The third-order valence-corrected chi connectivity index (χ3v) is 7.64. The smallest absolute Gasteiger partial charge is 0.410 e. The molecule has 2 aromatic carbocycles. The van der Waals surface area contributed by atoms with Crippen molar-refractivity contribution in [2.24, 2.45) is 7.05 Å². The molecule has 1 unspecified atom stereocenters. The first-order valence-electron chi connectivity index (χ1n) is 15.0. The average molecular weight is 603 g/mol. The molecule has 0 bridgehead atoms. The number of anilines is 1. The molecule has 1 amide bonds. The van der Waals surface area contributed by atoms with E-state index >= 15 is 0 Å². The molecule has 0 aliphatic carbocycles. The van der Waals surface area contributed by atoms with Gasteiger partial charge in [-0.3, -0.25) is 4.79 Å². The maximum atomic E-state index is 12.6. The number of aryl methyl sites for hydroxylation is 1. The van der Waals surface area contributed by atoms with Crippen molar-refractivity contribution >= 4 is 22.7 Å². The molecule has 1 aliphatic heterocycles. The molecule has 44 heavy (non-hydrogen) atoms. The number of hydrogen-bond donors (Lipinski definition) is 2. The summed E-state index contributed by atoms with van der Waals surface area (Å²) in [5, 5.41) is 0.801. The molecule has 0 spiro atoms. The van der Waals surface area contributed by atoms with Crippen molar-refractivity contribution in [3.8, 4) is 22.6 Å². The number of aromatic amines is 1. The molecule has 234 valence electrons. The van der Waals surface area contributed by atoms with Crippen LogP contribution in [0.5, 0.6) is 11.5 Å². The van der Waals surface area contributed by atoms with E-state index in [4.69, 9.17) is 24.7 Å². The summed E-state index contributed by atoms with van der Waals surface area (Å²) in [6, 6.07) is 15.2. The van der Waals surface area contributed by atoms with Gasteiger partial charge in [-0.2, -0.15) is 0 Å². The van der Waals surface area contributed by atoms with Gasteiger partial charge in [0.25, 0.3) is 5.56 Å². The zero-order chi connectivity index (χ0) is 31.4. The molecule has 1 fully saturated rings. The number of likely N-dealkylation sites (tertiary alicyclic amines) is 1. The molecule has 3 heterocycles. The van der Waals surface area contributed by atoms with Gasteiger partial charge in [0.1, 0.15) is 22.6 Å². The van der Waals surface area contributed by atoms with Gasteiger partial charge in [-0.1, -0.05) is 12.1 Å². The first-order chi connectivity index (χ1) is 21.0. The summed E-state index contributed by atoms with van der Waals surface area (Å²) >= 11 is 0. The number of piperidine rings is 1. The number of hydrogen-bond acceptors (Lipinski definition) is 7. The lowest BCUT2D eigenvalue weighted by molar-refractivity contribution is -0.0409. The van der Waals surface area contributed by atoms with Gasteiger partial charge in [-0.05, 0) is 82.5 Å². The molecule has 0 radical (unpaired) electrons. The first-order valence-corrected chi connectivity index (χ1v) is 15.0. The van der Waals surface area contributed by atoms with Gasteiger partial charge >= 0.3 is 6.09 Å². The summed E-state index contributed by atoms with van der Waals surface area (Å²) in [6.07, 6.45) is 4.76. The van der Waals surface area contributed by atoms with Crippen molar-refractivity contribution < 1.29 is 23.7 Å². The number of carbonyl (C=O) groups is 1. The summed E-state index contributed by atoms with van der Waals surface area (Å²) < 4.78 is 25.6. The topological polar surface area (TPSA) is 121 Å². The van der Waals surface area contributed by atoms with Crippen molar-refractivity contribution in [1.29, 1.82) is 0 Å². The van der Waals surface area contributed by atoms with Crippen LogP contribution in [0, 0.1) is 0 Å². The number of amides is 1. The molecule has 10 heteroatoms. The second kappa shape index (κ2) is 13.2. The Labute approximate surface area is 257 Å². The number of rotatable bonds is 9. The third kappa shape index (κ3) is 7.43. The Bertz CT molecular complexity index is 1660. The van der Waals surface area contributed by atoms with E-state index in [2.05, 4.69) is 4.98 Å². The number of fused-ring (bicyclic) bond motifs is 1. The van der Waals surface area contributed by atoms with Gasteiger partial charge in [-0.25, -0.2) is 4.79 Å². The highest BCUT2D eigenvalue weighted by molar-refractivity contribution is 5.96. The Morgan fingerprint density at radius 3 is 2.59 bits per heavy atom. The monoisotopic (exact) mass is 602 g/mol. The summed E-state index contributed by atoms with van der Waals surface area (Å²) in [4.78, 5) is 29.7. The van der Waals surface area contributed by atoms with E-state index in [1.165, 1.54) is 0 Å². The van der Waals surface area contributed by atoms with Gasteiger partial charge in [0.2, 0.25) is 0 Å². The van der Waals surface area contributed by atoms with Crippen LogP contribution in [0.25, 0.3) is 22.0 Å². The van der Waals surface area contributed by atoms with Crippen molar-refractivity contribution in [2.45, 2.75) is 58.3 Å². The number of aromatic nitrogens is 2. The number of nitrogens with zero attached hydrogens (tertiary/aromatic N) is 2. The minimum absolute atomic E-state index is 0.0953. The number of carbonyl (C=O) groups excluding carboxylic acids is 1. The van der Waals surface area contributed by atoms with Gasteiger partial charge in [0.05, 0.1) is 25.4 Å². The molecule has 3 N–H and O–H groups in total. The molecule has 10 nitrogen and oxygen atoms in total. The number of benzene rings is 2. The fraction of sp³-hybridized carbons (Fsp3) is 0.412. The van der Waals surface area contributed by atoms with Gasteiger partial charge < -0.3 is 39.1 Å². The molecular weight excluding hydrogens is 560 g/mol. The Hall–Kier alpha value is -4.28. The van der Waals surface area contributed by atoms with E-state index in [1.54, 1.807) is 35.0 Å². The molecule has 1 atom stereocenters. The normalized spacial score (nSPS) is 15.0. The largest absolute Gasteiger partial charge is 0.457 e. The fourth-order valence-corrected chi connectivity index (χ4v) is 5.36. The quantitative estimate of drug-likeness (QED) is 0.168. The van der Waals surface area contributed by atoms with E-state index in [0.717, 1.165) is 34.9 Å². The van der Waals surface area contributed by atoms with Crippen LogP contribution in [0.1, 0.15) is 52.2 Å². The maximum absolute atomic E-state index is 12.6. The lowest BCUT2D eigenvalue weighted by Crippen LogP contribution is -2.43. The number of pyridine rings is 1. The van der Waals surface area contributed by atoms with E-state index in [1.807, 2.05) is 70.2 Å². The number of H-pyrrole nitrogens is 1. The van der Waals surface area contributed by atoms with Crippen LogP contribution in [-0.2, 0) is 21.3 Å². The zero-order valence-electron chi connectivity index (χ0n) is 26.1. The van der Waals surface area contributed by atoms with Crippen LogP contribution in [0.4, 0.5) is 10.5 Å². The molecule has 1 aliphatic rings. The van der Waals surface area contributed by atoms with Crippen molar-refractivity contribution in [3.05, 3.63) is 76.8 Å². The minimum atomic E-state index is -0.497. The maximum Gasteiger partial charge on any atom is 0.410 e. The van der Waals surface area contributed by atoms with Crippen LogP contribution in [0.3, 0.4) is 0 Å². The number of nitrogens with two attached hydrogens (primary N) is 1. The SMILES string of the molecule is CC(OCCOC1CCN(C(=O)OC(C)(C)C)CC1)c1cccc(Oc2ccc(N)cc2-c2cn(C)c(=O)c3[nH]ccc23)c1. The van der Waals surface area contributed by atoms with E-state index in [-0.39, 0.29) is 23.9 Å². The highest BCUT2D eigenvalue weighted by Gasteiger charge is 2.27. The predicted molar refractivity (Wildman–Crippen MR) is 171 cm³/mol. The third-order valence-electron chi connectivity index (χ3n) is 7.64. The van der Waals surface area contributed by atoms with Gasteiger partial charge in [0, 0.05) is 54.7 Å². The highest BCUT2D eigenvalue weighted by atomic mass is 16.6. The predicted octanol–water partition coefficient (Wildman–Crippen LogP) is 6.40. The van der Waals surface area contributed by atoms with Gasteiger partial charge in [-0.15, -0.1) is 0 Å². The Morgan fingerprint density at radius 2 is 1.84 bits per heavy atom. The van der Waals surface area contributed by atoms with Crippen molar-refractivity contribution in [1.82, 2.24) is 14.5 Å². The number of nitrogens with one attached hydrogen (secondary N) is 1. The summed E-state index contributed by atoms with van der Waals surface area (Å²) in [6.45, 7) is 9.78. The van der Waals surface area contributed by atoms with Gasteiger partial charge in [0.15, 0.2) is 0 Å². The molecule has 4 aromatic rings. The second-order valence-electron chi connectivity index (χ2n) is 12.2. The summed E-state index contributed by atoms with van der Waals surface area (Å²) in [7, 11) is 1.73. The Balaban J connectivity index is 1.17. The molecular formula is C34H42N4O6. The van der Waals surface area contributed by atoms with E-state index in [0.29, 0.717) is 49.0 Å². The minimum Gasteiger partial charge on any atom is -0.457 e. The summed E-state index contributed by atoms with van der Waals surface area (Å²) in [5.41, 5.74) is 9.30. The molecule has 0 saturated carbocycles. The van der Waals surface area contributed by atoms with Crippen LogP contribution < -0.4 is 16.0 Å². The van der Waals surface area contributed by atoms with Crippen LogP contribution in [0.2, 0.25) is 0 Å².